The van der Waals surface area contributed by atoms with Gasteiger partial charge in [0.2, 0.25) is 0 Å². The van der Waals surface area contributed by atoms with Crippen molar-refractivity contribution < 1.29 is 4.21 Å². The van der Waals surface area contributed by atoms with E-state index in [0.29, 0.717) is 5.69 Å². The zero-order valence-corrected chi connectivity index (χ0v) is 11.3. The zero-order valence-electron chi connectivity index (χ0n) is 8.87. The molecule has 1 rings (SSSR count). The van der Waals surface area contributed by atoms with Crippen LogP contribution < -0.4 is 5.73 Å². The number of anilines is 1. The van der Waals surface area contributed by atoms with Crippen LogP contribution >= 0.6 is 15.9 Å². The smallest absolute Gasteiger partial charge is 0.128 e. The molecule has 0 heterocycles. The van der Waals surface area contributed by atoms with Crippen LogP contribution in [0.3, 0.4) is 0 Å². The molecule has 0 fully saturated rings. The molecule has 0 bridgehead atoms. The van der Waals surface area contributed by atoms with E-state index in [4.69, 9.17) is 5.73 Å². The number of nitrogen functional groups attached to an aromatic ring is 1. The van der Waals surface area contributed by atoms with Crippen molar-refractivity contribution in [1.29, 1.82) is 0 Å². The van der Waals surface area contributed by atoms with E-state index in [2.05, 4.69) is 15.9 Å². The summed E-state index contributed by atoms with van der Waals surface area (Å²) in [5, 5.41) is 0. The second-order valence-electron chi connectivity index (χ2n) is 3.05. The van der Waals surface area contributed by atoms with E-state index in [1.165, 1.54) is 0 Å². The maximum atomic E-state index is 12.1. The van der Waals surface area contributed by atoms with Crippen LogP contribution in [-0.4, -0.2) is 21.6 Å². The average Bonchev–Trinajstić information content (AvgIpc) is 2.23. The predicted octanol–water partition coefficient (Wildman–Crippen LogP) is 2.40. The van der Waals surface area contributed by atoms with E-state index in [1.54, 1.807) is 12.1 Å². The quantitative estimate of drug-likeness (QED) is 0.866. The Morgan fingerprint density at radius 2 is 2.00 bits per heavy atom. The molecule has 15 heavy (non-hydrogen) atoms. The minimum atomic E-state index is -1.14. The van der Waals surface area contributed by atoms with Gasteiger partial charge >= 0.3 is 0 Å². The van der Waals surface area contributed by atoms with Gasteiger partial charge in [0.1, 0.15) is 11.0 Å². The molecule has 0 aliphatic carbocycles. The molecule has 2 N–H and O–H groups in total. The third-order valence-corrected chi connectivity index (χ3v) is 4.74. The van der Waals surface area contributed by atoms with Gasteiger partial charge < -0.3 is 5.73 Å². The zero-order chi connectivity index (χ0) is 11.4. The van der Waals surface area contributed by atoms with E-state index in [0.717, 1.165) is 22.5 Å². The highest BCUT2D eigenvalue weighted by atomic mass is 79.9. The van der Waals surface area contributed by atoms with Crippen LogP contribution in [0.1, 0.15) is 13.8 Å². The summed E-state index contributed by atoms with van der Waals surface area (Å²) in [6.07, 6.45) is 0. The van der Waals surface area contributed by atoms with Gasteiger partial charge in [-0.15, -0.1) is 0 Å². The lowest BCUT2D eigenvalue weighted by Gasteiger charge is -2.17. The maximum Gasteiger partial charge on any atom is 0.128 e. The highest BCUT2D eigenvalue weighted by Crippen LogP contribution is 2.24. The first-order valence-corrected chi connectivity index (χ1v) is 6.72. The third-order valence-electron chi connectivity index (χ3n) is 2.08. The molecular formula is C10H15BrN2OS. The van der Waals surface area contributed by atoms with Gasteiger partial charge in [-0.1, -0.05) is 13.8 Å². The molecule has 0 saturated carbocycles. The number of rotatable bonds is 4. The van der Waals surface area contributed by atoms with Crippen LogP contribution in [0.2, 0.25) is 0 Å². The number of nitrogens with two attached hydrogens (primary N) is 1. The molecule has 1 atom stereocenters. The number of nitrogens with zero attached hydrogens (tertiary/aromatic N) is 1. The van der Waals surface area contributed by atoms with Crippen molar-refractivity contribution in [1.82, 2.24) is 4.31 Å². The Bertz CT molecular complexity index is 366. The van der Waals surface area contributed by atoms with Gasteiger partial charge in [0.25, 0.3) is 0 Å². The summed E-state index contributed by atoms with van der Waals surface area (Å²) >= 11 is 3.38. The van der Waals surface area contributed by atoms with Gasteiger partial charge in [0.05, 0.1) is 4.90 Å². The molecule has 0 aliphatic rings. The predicted molar refractivity (Wildman–Crippen MR) is 67.9 cm³/mol. The fraction of sp³-hybridized carbons (Fsp3) is 0.400. The minimum Gasteiger partial charge on any atom is -0.399 e. The van der Waals surface area contributed by atoms with Crippen molar-refractivity contribution >= 4 is 32.6 Å². The first-order chi connectivity index (χ1) is 7.10. The molecule has 0 spiro atoms. The van der Waals surface area contributed by atoms with Crippen LogP contribution in [0, 0.1) is 0 Å². The molecule has 1 aromatic carbocycles. The fourth-order valence-corrected chi connectivity index (χ4v) is 3.13. The Hall–Kier alpha value is -0.390. The molecule has 0 aliphatic heterocycles. The molecule has 1 aromatic rings. The number of hydrogen-bond acceptors (Lipinski definition) is 2. The molecule has 0 aromatic heterocycles. The van der Waals surface area contributed by atoms with E-state index in [-0.39, 0.29) is 0 Å². The molecule has 84 valence electrons. The van der Waals surface area contributed by atoms with Crippen LogP contribution in [0.4, 0.5) is 5.69 Å². The second kappa shape index (κ2) is 5.63. The summed E-state index contributed by atoms with van der Waals surface area (Å²) in [5.74, 6) is 0. The van der Waals surface area contributed by atoms with Gasteiger partial charge in [-0.2, -0.15) is 0 Å². The third kappa shape index (κ3) is 3.03. The summed E-state index contributed by atoms with van der Waals surface area (Å²) in [6.45, 7) is 5.48. The van der Waals surface area contributed by atoms with E-state index >= 15 is 0 Å². The topological polar surface area (TPSA) is 46.3 Å². The molecule has 1 unspecified atom stereocenters. The fourth-order valence-electron chi connectivity index (χ4n) is 1.25. The molecule has 0 amide bonds. The van der Waals surface area contributed by atoms with Crippen LogP contribution in [-0.2, 0) is 11.0 Å². The van der Waals surface area contributed by atoms with Crippen molar-refractivity contribution in [2.45, 2.75) is 18.7 Å². The van der Waals surface area contributed by atoms with Crippen LogP contribution in [0.15, 0.2) is 27.6 Å². The second-order valence-corrected chi connectivity index (χ2v) is 5.36. The number of benzene rings is 1. The molecular weight excluding hydrogens is 276 g/mol. The number of hydrogen-bond donors (Lipinski definition) is 1. The monoisotopic (exact) mass is 290 g/mol. The summed E-state index contributed by atoms with van der Waals surface area (Å²) < 4.78 is 14.8. The summed E-state index contributed by atoms with van der Waals surface area (Å²) in [5.41, 5.74) is 6.31. The van der Waals surface area contributed by atoms with Crippen molar-refractivity contribution in [3.05, 3.63) is 22.7 Å². The Morgan fingerprint density at radius 1 is 1.40 bits per heavy atom. The summed E-state index contributed by atoms with van der Waals surface area (Å²) in [4.78, 5) is 0.735. The SMILES string of the molecule is CCN(CC)S(=O)c1cc(N)ccc1Br. The minimum absolute atomic E-state index is 0.633. The lowest BCUT2D eigenvalue weighted by atomic mass is 10.3. The van der Waals surface area contributed by atoms with Crippen LogP contribution in [0.25, 0.3) is 0 Å². The van der Waals surface area contributed by atoms with Crippen LogP contribution in [0.5, 0.6) is 0 Å². The molecule has 5 heteroatoms. The van der Waals surface area contributed by atoms with E-state index in [1.807, 2.05) is 24.2 Å². The van der Waals surface area contributed by atoms with E-state index in [9.17, 15) is 4.21 Å². The Labute approximate surface area is 101 Å². The molecule has 0 radical (unpaired) electrons. The Kier molecular flexibility index (Phi) is 4.76. The van der Waals surface area contributed by atoms with Gasteiger partial charge in [0.15, 0.2) is 0 Å². The van der Waals surface area contributed by atoms with Crippen molar-refractivity contribution in [2.24, 2.45) is 0 Å². The van der Waals surface area contributed by atoms with Gasteiger partial charge in [-0.3, -0.25) is 0 Å². The highest BCUT2D eigenvalue weighted by Gasteiger charge is 2.14. The maximum absolute atomic E-state index is 12.1. The lowest BCUT2D eigenvalue weighted by molar-refractivity contribution is 0.489. The normalized spacial score (nSPS) is 13.1. The first-order valence-electron chi connectivity index (χ1n) is 4.82. The average molecular weight is 291 g/mol. The lowest BCUT2D eigenvalue weighted by Crippen LogP contribution is -2.25. The summed E-state index contributed by atoms with van der Waals surface area (Å²) in [6, 6.07) is 5.36. The van der Waals surface area contributed by atoms with Gasteiger partial charge in [-0.25, -0.2) is 8.51 Å². The Morgan fingerprint density at radius 3 is 2.53 bits per heavy atom. The molecule has 3 nitrogen and oxygen atoms in total. The van der Waals surface area contributed by atoms with Gasteiger partial charge in [-0.05, 0) is 34.1 Å². The molecule has 0 saturated heterocycles. The van der Waals surface area contributed by atoms with Crippen molar-refractivity contribution in [3.8, 4) is 0 Å². The summed E-state index contributed by atoms with van der Waals surface area (Å²) in [7, 11) is -1.14. The first kappa shape index (κ1) is 12.7. The van der Waals surface area contributed by atoms with Gasteiger partial charge in [0, 0.05) is 23.2 Å². The number of halogens is 1. The Balaban J connectivity index is 3.04. The standard InChI is InChI=1S/C10H15BrN2OS/c1-3-13(4-2)15(14)10-7-8(12)5-6-9(10)11/h5-7H,3-4,12H2,1-2H3. The van der Waals surface area contributed by atoms with E-state index < -0.39 is 11.0 Å². The van der Waals surface area contributed by atoms with Crippen molar-refractivity contribution in [2.75, 3.05) is 18.8 Å². The highest BCUT2D eigenvalue weighted by molar-refractivity contribution is 9.10. The van der Waals surface area contributed by atoms with Crippen molar-refractivity contribution in [3.63, 3.8) is 0 Å². The largest absolute Gasteiger partial charge is 0.399 e.